The highest BCUT2D eigenvalue weighted by Crippen LogP contribution is 2.43. The van der Waals surface area contributed by atoms with Crippen LogP contribution in [0.3, 0.4) is 0 Å². The Kier molecular flexibility index (Phi) is 6.53. The van der Waals surface area contributed by atoms with Crippen LogP contribution in [-0.2, 0) is 27.7 Å². The summed E-state index contributed by atoms with van der Waals surface area (Å²) < 4.78 is 26.9. The van der Waals surface area contributed by atoms with Crippen molar-refractivity contribution < 1.29 is 8.42 Å². The van der Waals surface area contributed by atoms with Crippen LogP contribution >= 0.6 is 0 Å². The number of imidazole rings is 1. The summed E-state index contributed by atoms with van der Waals surface area (Å²) >= 11 is 0. The molecule has 36 heavy (non-hydrogen) atoms. The summed E-state index contributed by atoms with van der Waals surface area (Å²) in [5.74, 6) is 1.43. The number of pyridine rings is 2. The van der Waals surface area contributed by atoms with E-state index in [4.69, 9.17) is 15.9 Å². The van der Waals surface area contributed by atoms with Crippen molar-refractivity contribution in [2.75, 3.05) is 5.73 Å². The van der Waals surface area contributed by atoms with Crippen molar-refractivity contribution in [3.05, 3.63) is 65.8 Å². The molecular weight excluding hydrogens is 472 g/mol. The first kappa shape index (κ1) is 24.4. The van der Waals surface area contributed by atoms with Gasteiger partial charge in [-0.05, 0) is 55.4 Å². The van der Waals surface area contributed by atoms with Crippen LogP contribution in [-0.4, -0.2) is 27.9 Å². The molecule has 8 nitrogen and oxygen atoms in total. The van der Waals surface area contributed by atoms with Gasteiger partial charge in [0.05, 0.1) is 11.0 Å². The predicted octanol–water partition coefficient (Wildman–Crippen LogP) is 4.68. The molecular formula is C27H32N6O2S. The number of allylic oxidation sites excluding steroid dienone is 1. The first-order valence-electron chi connectivity index (χ1n) is 12.5. The van der Waals surface area contributed by atoms with Crippen LogP contribution in [0.25, 0.3) is 28.0 Å². The lowest BCUT2D eigenvalue weighted by Crippen LogP contribution is -2.42. The van der Waals surface area contributed by atoms with Gasteiger partial charge in [-0.3, -0.25) is 4.98 Å². The number of nitrogens with zero attached hydrogens (tertiary/aromatic N) is 4. The van der Waals surface area contributed by atoms with Gasteiger partial charge in [0.1, 0.15) is 16.1 Å². The Bertz CT molecular complexity index is 1560. The Labute approximate surface area is 211 Å². The van der Waals surface area contributed by atoms with E-state index in [1.807, 2.05) is 30.4 Å². The molecule has 1 atom stereocenters. The van der Waals surface area contributed by atoms with Crippen LogP contribution in [0.2, 0.25) is 0 Å². The lowest BCUT2D eigenvalue weighted by Gasteiger charge is -2.34. The third-order valence-corrected chi connectivity index (χ3v) is 8.97. The lowest BCUT2D eigenvalue weighted by atomic mass is 9.84. The van der Waals surface area contributed by atoms with Crippen molar-refractivity contribution in [3.8, 4) is 0 Å². The molecule has 0 aliphatic heterocycles. The number of benzene rings is 1. The van der Waals surface area contributed by atoms with E-state index in [0.29, 0.717) is 31.6 Å². The number of nitrogen functional groups attached to an aromatic ring is 1. The van der Waals surface area contributed by atoms with Gasteiger partial charge < -0.3 is 10.3 Å². The van der Waals surface area contributed by atoms with Gasteiger partial charge in [-0.1, -0.05) is 43.7 Å². The number of aromatic nitrogens is 4. The summed E-state index contributed by atoms with van der Waals surface area (Å²) in [4.78, 5) is 13.6. The van der Waals surface area contributed by atoms with Gasteiger partial charge in [0.15, 0.2) is 5.82 Å². The smallest absolute Gasteiger partial charge is 0.219 e. The zero-order valence-electron chi connectivity index (χ0n) is 20.5. The zero-order valence-corrected chi connectivity index (χ0v) is 21.3. The molecule has 1 unspecified atom stereocenters. The van der Waals surface area contributed by atoms with E-state index in [2.05, 4.69) is 27.5 Å². The fourth-order valence-corrected chi connectivity index (χ4v) is 6.69. The van der Waals surface area contributed by atoms with Crippen LogP contribution in [0.5, 0.6) is 0 Å². The zero-order chi connectivity index (χ0) is 25.3. The summed E-state index contributed by atoms with van der Waals surface area (Å²) in [7, 11) is -3.85. The Morgan fingerprint density at radius 2 is 1.94 bits per heavy atom. The van der Waals surface area contributed by atoms with Crippen LogP contribution in [0.4, 0.5) is 5.82 Å². The minimum Gasteiger partial charge on any atom is -0.382 e. The van der Waals surface area contributed by atoms with Gasteiger partial charge in [-0.15, -0.1) is 0 Å². The molecule has 3 aromatic heterocycles. The van der Waals surface area contributed by atoms with Crippen LogP contribution in [0.15, 0.2) is 48.8 Å². The molecule has 9 heteroatoms. The summed E-state index contributed by atoms with van der Waals surface area (Å²) in [5, 5.41) is 6.88. The molecule has 0 saturated carbocycles. The molecule has 0 fully saturated rings. The topological polar surface area (TPSA) is 130 Å². The third-order valence-electron chi connectivity index (χ3n) is 7.29. The molecule has 5 rings (SSSR count). The van der Waals surface area contributed by atoms with E-state index in [0.717, 1.165) is 64.6 Å². The summed E-state index contributed by atoms with van der Waals surface area (Å²) in [5.41, 5.74) is 10.5. The summed E-state index contributed by atoms with van der Waals surface area (Å²) in [6.07, 6.45) is 12.4. The maximum Gasteiger partial charge on any atom is 0.219 e. The van der Waals surface area contributed by atoms with Crippen molar-refractivity contribution in [3.63, 3.8) is 0 Å². The average Bonchev–Trinajstić information content (AvgIpc) is 3.24. The van der Waals surface area contributed by atoms with Gasteiger partial charge >= 0.3 is 0 Å². The highest BCUT2D eigenvalue weighted by molar-refractivity contribution is 7.90. The average molecular weight is 505 g/mol. The first-order chi connectivity index (χ1) is 17.4. The number of sulfonamides is 1. The van der Waals surface area contributed by atoms with Crippen LogP contribution < -0.4 is 10.9 Å². The Morgan fingerprint density at radius 3 is 2.75 bits per heavy atom. The number of hydrogen-bond donors (Lipinski definition) is 2. The monoisotopic (exact) mass is 504 g/mol. The van der Waals surface area contributed by atoms with Crippen LogP contribution in [0, 0.1) is 0 Å². The maximum absolute atomic E-state index is 12.9. The van der Waals surface area contributed by atoms with E-state index in [-0.39, 0.29) is 0 Å². The maximum atomic E-state index is 12.9. The number of para-hydroxylation sites is 1. The van der Waals surface area contributed by atoms with E-state index >= 15 is 0 Å². The second-order valence-corrected chi connectivity index (χ2v) is 11.4. The molecule has 0 spiro atoms. The third kappa shape index (κ3) is 4.16. The number of fused-ring (bicyclic) bond motifs is 4. The fourth-order valence-electron chi connectivity index (χ4n) is 5.44. The highest BCUT2D eigenvalue weighted by atomic mass is 32.2. The molecule has 1 aliphatic carbocycles. The number of primary sulfonamides is 1. The van der Waals surface area contributed by atoms with Crippen LogP contribution in [0.1, 0.15) is 62.4 Å². The standard InChI is InChI=1S/C27H32N6O2S/c1-2-3-12-23-32-24-25(20-10-4-5-11-22(20)31-26(24)28)33(23)17-7-6-14-27(36(29,34)35)15-8-9-19-18-30-16-13-21(19)27/h4-5,8-11,13,16,18H,2-3,6-7,12,14-15,17H2,1H3,(H2,28,31)(H2,29,34,35). The molecule has 188 valence electrons. The minimum absolute atomic E-state index is 0.367. The molecule has 1 aromatic carbocycles. The normalized spacial score (nSPS) is 17.6. The molecule has 4 aromatic rings. The molecule has 0 radical (unpaired) electrons. The van der Waals surface area contributed by atoms with E-state index < -0.39 is 14.8 Å². The van der Waals surface area contributed by atoms with Gasteiger partial charge in [-0.2, -0.15) is 0 Å². The molecule has 0 amide bonds. The van der Waals surface area contributed by atoms with Gasteiger partial charge in [0.2, 0.25) is 10.0 Å². The Balaban J connectivity index is 1.46. The summed E-state index contributed by atoms with van der Waals surface area (Å²) in [6.45, 7) is 2.87. The second kappa shape index (κ2) is 9.63. The van der Waals surface area contributed by atoms with E-state index in [1.165, 1.54) is 0 Å². The largest absolute Gasteiger partial charge is 0.382 e. The molecule has 0 bridgehead atoms. The van der Waals surface area contributed by atoms with E-state index in [1.54, 1.807) is 18.5 Å². The highest BCUT2D eigenvalue weighted by Gasteiger charge is 2.44. The molecule has 0 saturated heterocycles. The van der Waals surface area contributed by atoms with Gasteiger partial charge in [-0.25, -0.2) is 23.5 Å². The Morgan fingerprint density at radius 1 is 1.11 bits per heavy atom. The lowest BCUT2D eigenvalue weighted by molar-refractivity contribution is 0.459. The quantitative estimate of drug-likeness (QED) is 0.318. The number of unbranched alkanes of at least 4 members (excludes halogenated alkanes) is 2. The molecule has 1 aliphatic rings. The Hall–Kier alpha value is -3.30. The number of rotatable bonds is 9. The SMILES string of the molecule is CCCCc1nc2c(N)nc3ccccc3c2n1CCCCC1(S(N)(=O)=O)CC=Cc2cnccc21. The minimum atomic E-state index is -3.85. The van der Waals surface area contributed by atoms with Crippen molar-refractivity contribution in [1.29, 1.82) is 0 Å². The summed E-state index contributed by atoms with van der Waals surface area (Å²) in [6, 6.07) is 9.77. The first-order valence-corrected chi connectivity index (χ1v) is 14.1. The van der Waals surface area contributed by atoms with Crippen molar-refractivity contribution >= 4 is 43.9 Å². The predicted molar refractivity (Wildman–Crippen MR) is 145 cm³/mol. The number of aryl methyl sites for hydroxylation is 2. The van der Waals surface area contributed by atoms with E-state index in [9.17, 15) is 8.42 Å². The fraction of sp³-hybridized carbons (Fsp3) is 0.370. The van der Waals surface area contributed by atoms with Gasteiger partial charge in [0, 0.05) is 30.7 Å². The van der Waals surface area contributed by atoms with Crippen molar-refractivity contribution in [2.45, 2.75) is 63.2 Å². The van der Waals surface area contributed by atoms with Crippen molar-refractivity contribution in [2.24, 2.45) is 5.14 Å². The number of hydrogen-bond acceptors (Lipinski definition) is 6. The molecule has 3 heterocycles. The number of nitrogens with two attached hydrogens (primary N) is 2. The second-order valence-electron chi connectivity index (χ2n) is 9.56. The molecule has 4 N–H and O–H groups in total. The number of anilines is 1. The van der Waals surface area contributed by atoms with Gasteiger partial charge in [0.25, 0.3) is 0 Å². The van der Waals surface area contributed by atoms with Crippen molar-refractivity contribution in [1.82, 2.24) is 19.5 Å².